The van der Waals surface area contributed by atoms with E-state index in [2.05, 4.69) is 34.9 Å². The van der Waals surface area contributed by atoms with Crippen molar-refractivity contribution >= 4 is 29.6 Å². The van der Waals surface area contributed by atoms with Crippen LogP contribution in [0.5, 0.6) is 0 Å². The van der Waals surface area contributed by atoms with E-state index in [1.807, 2.05) is 6.08 Å². The Morgan fingerprint density at radius 2 is 1.75 bits per heavy atom. The van der Waals surface area contributed by atoms with Crippen LogP contribution in [0.4, 0.5) is 0 Å². The molecule has 0 saturated heterocycles. The first-order valence-corrected chi connectivity index (χ1v) is 6.80. The topological polar surface area (TPSA) is 34.1 Å². The fraction of sp³-hybridized carbons (Fsp3) is 0.714. The molecular weight excluding hydrogens is 219 g/mol. The number of hydrogen-bond donors (Lipinski definition) is 0. The van der Waals surface area contributed by atoms with Crippen LogP contribution in [-0.4, -0.2) is 8.42 Å². The van der Waals surface area contributed by atoms with Gasteiger partial charge in [-0.25, -0.2) is 0 Å². The first-order valence-electron chi connectivity index (χ1n) is 3.67. The number of hydrogen-bond acceptors (Lipinski definition) is 2. The predicted octanol–water partition coefficient (Wildman–Crippen LogP) is 3.46. The van der Waals surface area contributed by atoms with E-state index in [-0.39, 0.29) is 0 Å². The zero-order valence-corrected chi connectivity index (χ0v) is 9.42. The molecule has 0 spiro atoms. The van der Waals surface area contributed by atoms with E-state index in [9.17, 15) is 0 Å². The van der Waals surface area contributed by atoms with Crippen LogP contribution >= 0.6 is 21.4 Å². The lowest BCUT2D eigenvalue weighted by atomic mass is 10.2. The quantitative estimate of drug-likeness (QED) is 0.423. The Labute approximate surface area is 83.5 Å². The van der Waals surface area contributed by atoms with Crippen LogP contribution in [0.1, 0.15) is 32.6 Å². The van der Waals surface area contributed by atoms with E-state index in [0.717, 1.165) is 0 Å². The molecule has 5 heteroatoms. The fourth-order valence-corrected chi connectivity index (χ4v) is 0.539. The monoisotopic (exact) mass is 232 g/mol. The molecule has 2 nitrogen and oxygen atoms in total. The summed E-state index contributed by atoms with van der Waals surface area (Å²) in [6.07, 6.45) is 7.16. The Bertz CT molecular complexity index is 180. The van der Waals surface area contributed by atoms with Crippen LogP contribution in [0, 0.1) is 0 Å². The Kier molecular flexibility index (Phi) is 11.5. The lowest BCUT2D eigenvalue weighted by molar-refractivity contribution is 0.621. The van der Waals surface area contributed by atoms with Crippen molar-refractivity contribution in [1.82, 2.24) is 0 Å². The third kappa shape index (κ3) is 48.4. The molecule has 0 aromatic heterocycles. The van der Waals surface area contributed by atoms with E-state index in [1.165, 1.54) is 25.7 Å². The summed E-state index contributed by atoms with van der Waals surface area (Å²) in [4.78, 5) is 0. The van der Waals surface area contributed by atoms with Gasteiger partial charge in [0.25, 0.3) is 0 Å². The lowest BCUT2D eigenvalue weighted by Gasteiger charge is -1.87. The maximum Gasteiger partial charge on any atom is 0.317 e. The summed E-state index contributed by atoms with van der Waals surface area (Å²) in [5.74, 6) is 0. The molecule has 0 N–H and O–H groups in total. The SMILES string of the molecule is C=CCCCCC.O=S(=O)(Cl)Cl. The molecule has 0 heterocycles. The second-order valence-corrected chi connectivity index (χ2v) is 5.83. The zero-order valence-electron chi connectivity index (χ0n) is 7.09. The highest BCUT2D eigenvalue weighted by atomic mass is 36.0. The maximum absolute atomic E-state index is 9.16. The molecule has 74 valence electrons. The van der Waals surface area contributed by atoms with Crippen molar-refractivity contribution in [3.05, 3.63) is 12.7 Å². The minimum Gasteiger partial charge on any atom is -0.195 e. The van der Waals surface area contributed by atoms with Gasteiger partial charge in [-0.2, -0.15) is 8.42 Å². The van der Waals surface area contributed by atoms with Crippen LogP contribution < -0.4 is 0 Å². The van der Waals surface area contributed by atoms with Crippen molar-refractivity contribution in [2.75, 3.05) is 0 Å². The molecular formula is C7H14Cl2O2S. The summed E-state index contributed by atoms with van der Waals surface area (Å²) in [6, 6.07) is 0. The molecule has 0 aliphatic heterocycles. The van der Waals surface area contributed by atoms with Crippen LogP contribution in [0.15, 0.2) is 12.7 Å². The normalized spacial score (nSPS) is 9.92. The second kappa shape index (κ2) is 9.36. The Morgan fingerprint density at radius 1 is 1.33 bits per heavy atom. The summed E-state index contributed by atoms with van der Waals surface area (Å²) in [5.41, 5.74) is 0. The smallest absolute Gasteiger partial charge is 0.195 e. The molecule has 0 saturated carbocycles. The van der Waals surface area contributed by atoms with Gasteiger partial charge in [0.2, 0.25) is 0 Å². The van der Waals surface area contributed by atoms with Gasteiger partial charge in [0.05, 0.1) is 0 Å². The van der Waals surface area contributed by atoms with Crippen LogP contribution in [0.2, 0.25) is 0 Å². The number of halogens is 2. The van der Waals surface area contributed by atoms with Crippen molar-refractivity contribution in [3.63, 3.8) is 0 Å². The van der Waals surface area contributed by atoms with Gasteiger partial charge in [0.1, 0.15) is 0 Å². The molecule has 0 aromatic carbocycles. The summed E-state index contributed by atoms with van der Waals surface area (Å²) < 4.78 is 18.3. The summed E-state index contributed by atoms with van der Waals surface area (Å²) in [5, 5.41) is 0. The van der Waals surface area contributed by atoms with E-state index < -0.39 is 8.26 Å². The molecule has 0 fully saturated rings. The largest absolute Gasteiger partial charge is 0.317 e. The number of rotatable bonds is 4. The zero-order chi connectivity index (χ0) is 10.0. The molecule has 0 aliphatic rings. The van der Waals surface area contributed by atoms with Gasteiger partial charge < -0.3 is 0 Å². The number of allylic oxidation sites excluding steroid dienone is 1. The highest BCUT2D eigenvalue weighted by Crippen LogP contribution is 1.98. The van der Waals surface area contributed by atoms with Gasteiger partial charge in [0.15, 0.2) is 0 Å². The van der Waals surface area contributed by atoms with Gasteiger partial charge in [-0.05, 0) is 12.8 Å². The van der Waals surface area contributed by atoms with Gasteiger partial charge in [-0.15, -0.1) is 6.58 Å². The van der Waals surface area contributed by atoms with Crippen molar-refractivity contribution in [1.29, 1.82) is 0 Å². The Hall–Kier alpha value is 0.270. The minimum absolute atomic E-state index is 1.19. The van der Waals surface area contributed by atoms with Crippen molar-refractivity contribution in [3.8, 4) is 0 Å². The molecule has 0 aliphatic carbocycles. The summed E-state index contributed by atoms with van der Waals surface area (Å²) >= 11 is 0. The Morgan fingerprint density at radius 3 is 2.00 bits per heavy atom. The molecule has 0 bridgehead atoms. The van der Waals surface area contributed by atoms with Gasteiger partial charge in [-0.3, -0.25) is 0 Å². The highest BCUT2D eigenvalue weighted by molar-refractivity contribution is 8.31. The van der Waals surface area contributed by atoms with Crippen LogP contribution in [0.25, 0.3) is 0 Å². The summed E-state index contributed by atoms with van der Waals surface area (Å²) in [7, 11) is 4.81. The molecule has 0 unspecified atom stereocenters. The standard InChI is InChI=1S/C7H14.Cl2O2S/c1-3-5-7-6-4-2;1-5(2,3)4/h3H,1,4-7H2,2H3;. The first-order chi connectivity index (χ1) is 5.41. The van der Waals surface area contributed by atoms with Gasteiger partial charge >= 0.3 is 8.26 Å². The highest BCUT2D eigenvalue weighted by Gasteiger charge is 1.88. The average molecular weight is 233 g/mol. The van der Waals surface area contributed by atoms with E-state index >= 15 is 0 Å². The van der Waals surface area contributed by atoms with Crippen molar-refractivity contribution in [2.24, 2.45) is 0 Å². The average Bonchev–Trinajstić information content (AvgIpc) is 1.85. The van der Waals surface area contributed by atoms with E-state index in [4.69, 9.17) is 8.42 Å². The fourth-order valence-electron chi connectivity index (χ4n) is 0.539. The molecule has 12 heavy (non-hydrogen) atoms. The molecule has 0 amide bonds. The van der Waals surface area contributed by atoms with Crippen LogP contribution in [-0.2, 0) is 8.26 Å². The van der Waals surface area contributed by atoms with Gasteiger partial charge in [-0.1, -0.05) is 25.8 Å². The first kappa shape index (κ1) is 14.8. The predicted molar refractivity (Wildman–Crippen MR) is 55.0 cm³/mol. The second-order valence-electron chi connectivity index (χ2n) is 2.16. The van der Waals surface area contributed by atoms with Crippen molar-refractivity contribution < 1.29 is 8.42 Å². The maximum atomic E-state index is 9.16. The van der Waals surface area contributed by atoms with E-state index in [1.54, 1.807) is 0 Å². The van der Waals surface area contributed by atoms with Crippen molar-refractivity contribution in [2.45, 2.75) is 32.6 Å². The minimum atomic E-state index is -3.72. The number of unbranched alkanes of at least 4 members (excludes halogenated alkanes) is 3. The Balaban J connectivity index is 0. The van der Waals surface area contributed by atoms with Gasteiger partial charge in [0, 0.05) is 21.4 Å². The molecule has 0 atom stereocenters. The lowest BCUT2D eigenvalue weighted by Crippen LogP contribution is -1.67. The third-order valence-electron chi connectivity index (χ3n) is 1.01. The summed E-state index contributed by atoms with van der Waals surface area (Å²) in [6.45, 7) is 5.84. The third-order valence-corrected chi connectivity index (χ3v) is 1.01. The molecule has 0 rings (SSSR count). The van der Waals surface area contributed by atoms with Crippen LogP contribution in [0.3, 0.4) is 0 Å². The molecule has 0 aromatic rings. The van der Waals surface area contributed by atoms with E-state index in [0.29, 0.717) is 0 Å². The molecule has 0 radical (unpaired) electrons.